The average molecular weight is 216 g/mol. The zero-order valence-corrected chi connectivity index (χ0v) is 10.6. The lowest BCUT2D eigenvalue weighted by atomic mass is 10.2. The second-order valence-electron chi connectivity index (χ2n) is 2.39. The molecule has 0 atom stereocenters. The highest BCUT2D eigenvalue weighted by molar-refractivity contribution is 6.07. The van der Waals surface area contributed by atoms with Crippen LogP contribution >= 0.6 is 0 Å². The van der Waals surface area contributed by atoms with Gasteiger partial charge in [0.2, 0.25) is 10.5 Å². The van der Waals surface area contributed by atoms with E-state index in [1.165, 1.54) is 0 Å². The molecule has 0 aliphatic rings. The molecule has 0 amide bonds. The molecule has 5 heteroatoms. The predicted molar refractivity (Wildman–Crippen MR) is 57.9 cm³/mol. The molecule has 0 radical (unpaired) electrons. The predicted octanol–water partition coefficient (Wildman–Crippen LogP) is 0.423. The van der Waals surface area contributed by atoms with Crippen LogP contribution in [0.25, 0.3) is 0 Å². The SMILES string of the molecule is C=C(CCC)C(=O)O.C=CC(=O)O[SiH3]. The molecule has 0 aromatic carbocycles. The first-order valence-corrected chi connectivity index (χ1v) is 4.92. The molecule has 0 aliphatic heterocycles. The molecule has 0 heterocycles. The van der Waals surface area contributed by atoms with Crippen LogP contribution in [-0.4, -0.2) is 27.5 Å². The molecule has 0 unspecified atom stereocenters. The molecule has 0 spiro atoms. The van der Waals surface area contributed by atoms with Crippen molar-refractivity contribution in [3.05, 3.63) is 24.8 Å². The van der Waals surface area contributed by atoms with Gasteiger partial charge < -0.3 is 9.53 Å². The van der Waals surface area contributed by atoms with Gasteiger partial charge >= 0.3 is 11.9 Å². The maximum atomic E-state index is 9.99. The Morgan fingerprint density at radius 2 is 2.07 bits per heavy atom. The van der Waals surface area contributed by atoms with Gasteiger partial charge in [0.05, 0.1) is 0 Å². The molecule has 0 saturated heterocycles. The lowest BCUT2D eigenvalue weighted by molar-refractivity contribution is -0.133. The molecule has 0 rings (SSSR count). The quantitative estimate of drug-likeness (QED) is 0.546. The van der Waals surface area contributed by atoms with Crippen molar-refractivity contribution in [1.82, 2.24) is 0 Å². The minimum atomic E-state index is -0.883. The van der Waals surface area contributed by atoms with Crippen LogP contribution in [-0.2, 0) is 14.0 Å². The Morgan fingerprint density at radius 1 is 1.57 bits per heavy atom. The maximum absolute atomic E-state index is 9.99. The largest absolute Gasteiger partial charge is 0.526 e. The molecule has 0 bridgehead atoms. The standard InChI is InChI=1S/C6H10O2.C3H6O2Si/c1-3-4-5(2)6(7)8;1-2-3(4)5-6/h2-4H2,1H3,(H,7,8);2H,1H2,6H3. The van der Waals surface area contributed by atoms with Crippen LogP contribution in [0.3, 0.4) is 0 Å². The van der Waals surface area contributed by atoms with Gasteiger partial charge in [-0.15, -0.1) is 0 Å². The highest BCUT2D eigenvalue weighted by atomic mass is 28.2. The van der Waals surface area contributed by atoms with E-state index in [1.807, 2.05) is 6.92 Å². The number of carbonyl (C=O) groups is 2. The number of hydrogen-bond acceptors (Lipinski definition) is 3. The minimum absolute atomic E-state index is 0.299. The second kappa shape index (κ2) is 9.72. The van der Waals surface area contributed by atoms with Gasteiger partial charge in [-0.1, -0.05) is 26.5 Å². The van der Waals surface area contributed by atoms with Crippen molar-refractivity contribution in [2.75, 3.05) is 0 Å². The number of carboxylic acids is 1. The van der Waals surface area contributed by atoms with Crippen molar-refractivity contribution in [3.63, 3.8) is 0 Å². The number of carbonyl (C=O) groups excluding carboxylic acids is 1. The van der Waals surface area contributed by atoms with Crippen molar-refractivity contribution < 1.29 is 19.1 Å². The van der Waals surface area contributed by atoms with Crippen LogP contribution in [0.1, 0.15) is 19.8 Å². The Morgan fingerprint density at radius 3 is 2.14 bits per heavy atom. The fourth-order valence-corrected chi connectivity index (χ4v) is 0.659. The van der Waals surface area contributed by atoms with E-state index in [0.29, 0.717) is 22.5 Å². The molecular formula is C9H16O4Si. The molecule has 4 nitrogen and oxygen atoms in total. The summed E-state index contributed by atoms with van der Waals surface area (Å²) < 4.78 is 4.28. The molecule has 0 aliphatic carbocycles. The molecule has 0 aromatic rings. The van der Waals surface area contributed by atoms with Gasteiger partial charge in [0.15, 0.2) is 0 Å². The number of aliphatic carboxylic acids is 1. The van der Waals surface area contributed by atoms with Gasteiger partial charge in [0.1, 0.15) is 0 Å². The minimum Gasteiger partial charge on any atom is -0.526 e. The maximum Gasteiger partial charge on any atom is 0.330 e. The first-order valence-electron chi connectivity index (χ1n) is 4.11. The third kappa shape index (κ3) is 10.6. The summed E-state index contributed by atoms with van der Waals surface area (Å²) in [7, 11) is 0.462. The zero-order chi connectivity index (χ0) is 11.6. The van der Waals surface area contributed by atoms with Crippen LogP contribution in [0.5, 0.6) is 0 Å². The molecule has 0 fully saturated rings. The van der Waals surface area contributed by atoms with E-state index in [-0.39, 0.29) is 5.97 Å². The summed E-state index contributed by atoms with van der Waals surface area (Å²) in [6.45, 7) is 8.45. The Bertz CT molecular complexity index is 223. The lowest BCUT2D eigenvalue weighted by Gasteiger charge is -1.92. The summed E-state index contributed by atoms with van der Waals surface area (Å²) in [6.07, 6.45) is 2.59. The number of rotatable bonds is 4. The average Bonchev–Trinajstić information content (AvgIpc) is 2.18. The Kier molecular flexibility index (Phi) is 10.5. The van der Waals surface area contributed by atoms with E-state index in [4.69, 9.17) is 5.11 Å². The van der Waals surface area contributed by atoms with Gasteiger partial charge in [-0.2, -0.15) is 0 Å². The monoisotopic (exact) mass is 216 g/mol. The van der Waals surface area contributed by atoms with E-state index in [2.05, 4.69) is 17.6 Å². The summed E-state index contributed by atoms with van der Waals surface area (Å²) >= 11 is 0. The molecule has 0 aromatic heterocycles. The summed E-state index contributed by atoms with van der Waals surface area (Å²) in [5.74, 6) is -1.21. The van der Waals surface area contributed by atoms with Crippen molar-refractivity contribution in [2.45, 2.75) is 19.8 Å². The summed E-state index contributed by atoms with van der Waals surface area (Å²) in [5.41, 5.74) is 0.299. The second-order valence-corrected chi connectivity index (χ2v) is 2.79. The van der Waals surface area contributed by atoms with E-state index in [0.717, 1.165) is 12.5 Å². The van der Waals surface area contributed by atoms with Crippen molar-refractivity contribution in [1.29, 1.82) is 0 Å². The first kappa shape index (κ1) is 15.1. The fourth-order valence-electron chi connectivity index (χ4n) is 0.492. The van der Waals surface area contributed by atoms with Gasteiger partial charge in [0, 0.05) is 11.6 Å². The normalized spacial score (nSPS) is 8.07. The van der Waals surface area contributed by atoms with Crippen LogP contribution in [0.15, 0.2) is 24.8 Å². The van der Waals surface area contributed by atoms with Gasteiger partial charge in [0.25, 0.3) is 0 Å². The molecular weight excluding hydrogens is 200 g/mol. The van der Waals surface area contributed by atoms with E-state index in [1.54, 1.807) is 0 Å². The first-order chi connectivity index (χ1) is 6.49. The molecule has 80 valence electrons. The summed E-state index contributed by atoms with van der Waals surface area (Å²) in [5, 5.41) is 8.21. The van der Waals surface area contributed by atoms with Gasteiger partial charge in [-0.3, -0.25) is 0 Å². The Labute approximate surface area is 86.8 Å². The highest BCUT2D eigenvalue weighted by Crippen LogP contribution is 1.99. The van der Waals surface area contributed by atoms with Crippen molar-refractivity contribution in [2.24, 2.45) is 0 Å². The van der Waals surface area contributed by atoms with Crippen LogP contribution in [0.2, 0.25) is 0 Å². The van der Waals surface area contributed by atoms with E-state index in [9.17, 15) is 9.59 Å². The highest BCUT2D eigenvalue weighted by Gasteiger charge is 1.99. The van der Waals surface area contributed by atoms with Crippen LogP contribution < -0.4 is 0 Å². The molecule has 1 N–H and O–H groups in total. The summed E-state index contributed by atoms with van der Waals surface area (Å²) in [6, 6.07) is 0. The van der Waals surface area contributed by atoms with Crippen LogP contribution in [0.4, 0.5) is 0 Å². The van der Waals surface area contributed by atoms with Crippen molar-refractivity contribution >= 4 is 22.4 Å². The topological polar surface area (TPSA) is 63.6 Å². The smallest absolute Gasteiger partial charge is 0.330 e. The van der Waals surface area contributed by atoms with Crippen molar-refractivity contribution in [3.8, 4) is 0 Å². The number of hydrogen-bond donors (Lipinski definition) is 1. The van der Waals surface area contributed by atoms with Crippen LogP contribution in [0, 0.1) is 0 Å². The third-order valence-electron chi connectivity index (χ3n) is 1.22. The fraction of sp³-hybridized carbons (Fsp3) is 0.333. The number of carboxylic acid groups (broad SMARTS) is 1. The Hall–Kier alpha value is -1.36. The van der Waals surface area contributed by atoms with E-state index < -0.39 is 5.97 Å². The van der Waals surface area contributed by atoms with E-state index >= 15 is 0 Å². The third-order valence-corrected chi connectivity index (χ3v) is 1.62. The Balaban J connectivity index is 0. The van der Waals surface area contributed by atoms with Gasteiger partial charge in [-0.05, 0) is 6.42 Å². The molecule has 14 heavy (non-hydrogen) atoms. The molecule has 0 saturated carbocycles. The van der Waals surface area contributed by atoms with Gasteiger partial charge in [-0.25, -0.2) is 9.59 Å². The lowest BCUT2D eigenvalue weighted by Crippen LogP contribution is -1.97. The zero-order valence-electron chi connectivity index (χ0n) is 8.58. The summed E-state index contributed by atoms with van der Waals surface area (Å²) in [4.78, 5) is 19.9.